The van der Waals surface area contributed by atoms with Crippen LogP contribution in [-0.4, -0.2) is 102 Å². The predicted octanol–water partition coefficient (Wildman–Crippen LogP) is 4.46. The standard InChI is InChI=1S/C37H51N5O5/c1-27-23-29(24-28(2)34(27)47-3)26-42(36(45)46)21-14-32(41-20-11-30-9-5-6-10-33(30)38-35(41)44)25-37(42,15-22-43)40-18-12-31(13-19-40)39-16-7-4-8-17-39/h5-6,9-10,22-24,31-32H,4,7-8,11-21,25-26H2,1-3H3,(H-,38,44,45,46)/t32?,37?,42-/m0/s1. The van der Waals surface area contributed by atoms with Crippen molar-refractivity contribution in [2.45, 2.75) is 95.9 Å². The Morgan fingerprint density at radius 2 is 1.72 bits per heavy atom. The number of nitrogens with zero attached hydrogens (tertiary/aromatic N) is 4. The van der Waals surface area contributed by atoms with Gasteiger partial charge in [0.2, 0.25) is 0 Å². The molecule has 254 valence electrons. The lowest BCUT2D eigenvalue weighted by Gasteiger charge is -2.62. The molecule has 6 rings (SSSR count). The van der Waals surface area contributed by atoms with E-state index in [2.05, 4.69) is 15.1 Å². The minimum Gasteiger partial charge on any atom is -0.498 e. The molecule has 0 radical (unpaired) electrons. The lowest BCUT2D eigenvalue weighted by molar-refractivity contribution is -0.956. The molecule has 4 heterocycles. The summed E-state index contributed by atoms with van der Waals surface area (Å²) in [6.07, 6.45) is 6.96. The fourth-order valence-corrected chi connectivity index (χ4v) is 9.40. The first-order chi connectivity index (χ1) is 22.7. The van der Waals surface area contributed by atoms with Crippen LogP contribution in [0, 0.1) is 13.8 Å². The van der Waals surface area contributed by atoms with Crippen LogP contribution in [0.3, 0.4) is 0 Å². The second kappa shape index (κ2) is 13.9. The zero-order chi connectivity index (χ0) is 33.2. The van der Waals surface area contributed by atoms with Crippen molar-refractivity contribution >= 4 is 24.1 Å². The number of carbonyl (C=O) groups excluding carboxylic acids is 3. The van der Waals surface area contributed by atoms with Crippen LogP contribution in [0.5, 0.6) is 5.75 Å². The molecule has 47 heavy (non-hydrogen) atoms. The fraction of sp³-hybridized carbons (Fsp3) is 0.595. The highest BCUT2D eigenvalue weighted by Crippen LogP contribution is 2.46. The number of aryl methyl sites for hydroxylation is 2. The van der Waals surface area contributed by atoms with E-state index in [9.17, 15) is 19.5 Å². The van der Waals surface area contributed by atoms with E-state index in [1.807, 2.05) is 55.1 Å². The molecule has 0 bridgehead atoms. The minimum atomic E-state index is -1.16. The summed E-state index contributed by atoms with van der Waals surface area (Å²) in [6.45, 7) is 8.58. The highest BCUT2D eigenvalue weighted by atomic mass is 16.5. The van der Waals surface area contributed by atoms with Gasteiger partial charge in [0.05, 0.1) is 20.1 Å². The third-order valence-electron chi connectivity index (χ3n) is 11.7. The van der Waals surface area contributed by atoms with Crippen LogP contribution in [0.15, 0.2) is 36.4 Å². The molecule has 4 aliphatic heterocycles. The van der Waals surface area contributed by atoms with Crippen molar-refractivity contribution in [3.05, 3.63) is 58.7 Å². The number of para-hydroxylation sites is 1. The summed E-state index contributed by atoms with van der Waals surface area (Å²) < 4.78 is 5.25. The van der Waals surface area contributed by atoms with Gasteiger partial charge in [-0.2, -0.15) is 0 Å². The van der Waals surface area contributed by atoms with Gasteiger partial charge in [-0.1, -0.05) is 24.6 Å². The number of urea groups is 1. The van der Waals surface area contributed by atoms with Crippen LogP contribution in [-0.2, 0) is 17.8 Å². The second-order valence-electron chi connectivity index (χ2n) is 14.2. The number of ether oxygens (including phenoxy) is 1. The van der Waals surface area contributed by atoms with Gasteiger partial charge in [-0.25, -0.2) is 4.79 Å². The van der Waals surface area contributed by atoms with Crippen molar-refractivity contribution in [3.8, 4) is 5.75 Å². The third-order valence-corrected chi connectivity index (χ3v) is 11.7. The maximum atomic E-state index is 13.8. The van der Waals surface area contributed by atoms with E-state index >= 15 is 0 Å². The first-order valence-corrected chi connectivity index (χ1v) is 17.5. The Kier molecular flexibility index (Phi) is 9.92. The summed E-state index contributed by atoms with van der Waals surface area (Å²) in [7, 11) is 1.65. The number of hydrogen-bond donors (Lipinski definition) is 1. The van der Waals surface area contributed by atoms with Crippen LogP contribution in [0.25, 0.3) is 0 Å². The van der Waals surface area contributed by atoms with Crippen molar-refractivity contribution in [2.24, 2.45) is 0 Å². The molecule has 10 nitrogen and oxygen atoms in total. The van der Waals surface area contributed by atoms with Gasteiger partial charge < -0.3 is 34.5 Å². The van der Waals surface area contributed by atoms with E-state index in [0.717, 1.165) is 65.9 Å². The number of nitrogens with one attached hydrogen (secondary N) is 1. The van der Waals surface area contributed by atoms with E-state index in [1.165, 1.54) is 19.3 Å². The summed E-state index contributed by atoms with van der Waals surface area (Å²) in [5.74, 6) is 0.791. The number of amides is 3. The molecule has 2 aromatic rings. The molecule has 0 aliphatic carbocycles. The Morgan fingerprint density at radius 3 is 2.38 bits per heavy atom. The molecule has 3 fully saturated rings. The number of carbonyl (C=O) groups is 3. The zero-order valence-electron chi connectivity index (χ0n) is 28.3. The first kappa shape index (κ1) is 33.4. The Balaban J connectivity index is 1.37. The molecule has 3 amide bonds. The van der Waals surface area contributed by atoms with Crippen LogP contribution in [0.1, 0.15) is 73.6 Å². The Hall–Kier alpha value is -3.47. The highest BCUT2D eigenvalue weighted by Gasteiger charge is 2.61. The molecule has 0 spiro atoms. The van der Waals surface area contributed by atoms with Gasteiger partial charge >= 0.3 is 6.03 Å². The predicted molar refractivity (Wildman–Crippen MR) is 179 cm³/mol. The number of benzene rings is 2. The summed E-state index contributed by atoms with van der Waals surface area (Å²) >= 11 is 0. The summed E-state index contributed by atoms with van der Waals surface area (Å²) in [5.41, 5.74) is 3.60. The second-order valence-corrected chi connectivity index (χ2v) is 14.2. The average Bonchev–Trinajstić information content (AvgIpc) is 3.24. The summed E-state index contributed by atoms with van der Waals surface area (Å²) in [5, 5.41) is 16.9. The van der Waals surface area contributed by atoms with E-state index in [1.54, 1.807) is 7.11 Å². The van der Waals surface area contributed by atoms with Gasteiger partial charge in [0.15, 0.2) is 5.66 Å². The summed E-state index contributed by atoms with van der Waals surface area (Å²) in [6, 6.07) is 12.0. The zero-order valence-corrected chi connectivity index (χ0v) is 28.3. The molecule has 1 N–H and O–H groups in total. The molecule has 10 heteroatoms. The quantitative estimate of drug-likeness (QED) is 0.334. The molecule has 0 aromatic heterocycles. The molecular formula is C37H51N5O5. The van der Waals surface area contributed by atoms with Crippen molar-refractivity contribution in [2.75, 3.05) is 51.7 Å². The highest BCUT2D eigenvalue weighted by molar-refractivity contribution is 5.91. The molecule has 4 aliphatic rings. The number of anilines is 1. The summed E-state index contributed by atoms with van der Waals surface area (Å²) in [4.78, 5) is 47.1. The topological polar surface area (TPSA) is 105 Å². The largest absolute Gasteiger partial charge is 0.498 e. The molecule has 2 unspecified atom stereocenters. The maximum absolute atomic E-state index is 13.8. The lowest BCUT2D eigenvalue weighted by atomic mass is 9.81. The van der Waals surface area contributed by atoms with Crippen LogP contribution in [0.2, 0.25) is 0 Å². The number of quaternary nitrogens is 1. The average molecular weight is 646 g/mol. The van der Waals surface area contributed by atoms with E-state index in [-0.39, 0.29) is 36.1 Å². The van der Waals surface area contributed by atoms with Gasteiger partial charge in [-0.05, 0) is 93.9 Å². The maximum Gasteiger partial charge on any atom is 0.322 e. The van der Waals surface area contributed by atoms with Gasteiger partial charge in [0.25, 0.3) is 6.09 Å². The monoisotopic (exact) mass is 645 g/mol. The SMILES string of the molecule is COc1c(C)cc(C[N@+]2(C(=O)[O-])CCC(N3CCc4ccccc4NC3=O)CC2(CC=O)N2CCC(N3CCCCC3)CC2)cc1C. The number of methoxy groups -OCH3 is 1. The van der Waals surface area contributed by atoms with Crippen LogP contribution in [0.4, 0.5) is 15.3 Å². The molecule has 3 saturated heterocycles. The number of carboxylic acid groups (broad SMARTS) is 1. The number of piperidine rings is 3. The van der Waals surface area contributed by atoms with E-state index in [4.69, 9.17) is 4.74 Å². The van der Waals surface area contributed by atoms with Crippen LogP contribution < -0.4 is 15.2 Å². The van der Waals surface area contributed by atoms with Crippen molar-refractivity contribution in [1.82, 2.24) is 14.7 Å². The van der Waals surface area contributed by atoms with Crippen molar-refractivity contribution in [3.63, 3.8) is 0 Å². The fourth-order valence-electron chi connectivity index (χ4n) is 9.40. The van der Waals surface area contributed by atoms with E-state index < -0.39 is 11.8 Å². The van der Waals surface area contributed by atoms with Gasteiger partial charge in [0, 0.05) is 55.8 Å². The number of likely N-dealkylation sites (tertiary alicyclic amines) is 3. The molecule has 3 atom stereocenters. The third kappa shape index (κ3) is 6.27. The van der Waals surface area contributed by atoms with Crippen molar-refractivity contribution < 1.29 is 28.7 Å². The van der Waals surface area contributed by atoms with Crippen molar-refractivity contribution in [1.29, 1.82) is 0 Å². The van der Waals surface area contributed by atoms with Gasteiger partial charge in [-0.15, -0.1) is 0 Å². The smallest absolute Gasteiger partial charge is 0.322 e. The first-order valence-electron chi connectivity index (χ1n) is 17.5. The Labute approximate surface area is 279 Å². The van der Waals surface area contributed by atoms with E-state index in [0.29, 0.717) is 44.9 Å². The number of fused-ring (bicyclic) bond motifs is 1. The number of aldehydes is 1. The minimum absolute atomic E-state index is 0.0513. The number of rotatable bonds is 8. The van der Waals surface area contributed by atoms with Gasteiger partial charge in [-0.3, -0.25) is 9.38 Å². The molecule has 0 saturated carbocycles. The molecule has 2 aromatic carbocycles. The normalized spacial score (nSPS) is 27.9. The Morgan fingerprint density at radius 1 is 1.02 bits per heavy atom. The lowest BCUT2D eigenvalue weighted by Crippen LogP contribution is -2.80. The molecular weight excluding hydrogens is 594 g/mol. The van der Waals surface area contributed by atoms with Crippen LogP contribution >= 0.6 is 0 Å². The Bertz CT molecular complexity index is 1450. The number of hydrogen-bond acceptors (Lipinski definition) is 7. The van der Waals surface area contributed by atoms with Gasteiger partial charge in [0.1, 0.15) is 18.6 Å².